The molecule has 0 fully saturated rings. The quantitative estimate of drug-likeness (QED) is 0.620. The van der Waals surface area contributed by atoms with Gasteiger partial charge < -0.3 is 5.32 Å². The third-order valence-electron chi connectivity index (χ3n) is 2.18. The van der Waals surface area contributed by atoms with Gasteiger partial charge in [0.2, 0.25) is 5.95 Å². The predicted molar refractivity (Wildman–Crippen MR) is 59.2 cm³/mol. The molecule has 84 valence electrons. The molecule has 0 aliphatic heterocycles. The summed E-state index contributed by atoms with van der Waals surface area (Å²) in [4.78, 5) is 15.1. The lowest BCUT2D eigenvalue weighted by Crippen LogP contribution is -2.34. The van der Waals surface area contributed by atoms with Gasteiger partial charge in [0.15, 0.2) is 0 Å². The third-order valence-corrected chi connectivity index (χ3v) is 2.18. The van der Waals surface area contributed by atoms with E-state index in [1.165, 1.54) is 12.3 Å². The number of pyridine rings is 1. The fourth-order valence-corrected chi connectivity index (χ4v) is 1.22. The molecule has 0 aliphatic rings. The average Bonchev–Trinajstić information content (AvgIpc) is 2.29. The fourth-order valence-electron chi connectivity index (χ4n) is 1.22. The van der Waals surface area contributed by atoms with Crippen molar-refractivity contribution in [1.29, 1.82) is 0 Å². The maximum atomic E-state index is 12.5. The van der Waals surface area contributed by atoms with Gasteiger partial charge in [0.05, 0.1) is 5.56 Å². The summed E-state index contributed by atoms with van der Waals surface area (Å²) in [5.74, 6) is 1.61. The van der Waals surface area contributed by atoms with E-state index in [0.29, 0.717) is 12.0 Å². The maximum Gasteiger partial charge on any atom is 0.253 e. The lowest BCUT2D eigenvalue weighted by Gasteiger charge is -2.13. The maximum absolute atomic E-state index is 12.5. The minimum Gasteiger partial charge on any atom is -0.348 e. The van der Waals surface area contributed by atoms with Crippen LogP contribution in [0.5, 0.6) is 0 Å². The van der Waals surface area contributed by atoms with E-state index in [0.717, 1.165) is 12.5 Å². The molecule has 1 N–H and O–H groups in total. The molecule has 0 radical (unpaired) electrons. The summed E-state index contributed by atoms with van der Waals surface area (Å²) < 4.78 is 12.5. The minimum atomic E-state index is -0.604. The number of terminal acetylenes is 1. The molecule has 0 aliphatic carbocycles. The van der Waals surface area contributed by atoms with Crippen molar-refractivity contribution in [3.05, 3.63) is 29.8 Å². The van der Waals surface area contributed by atoms with Gasteiger partial charge in [0.25, 0.3) is 5.91 Å². The lowest BCUT2D eigenvalue weighted by atomic mass is 10.1. The van der Waals surface area contributed by atoms with Gasteiger partial charge in [-0.3, -0.25) is 4.79 Å². The largest absolute Gasteiger partial charge is 0.348 e. The highest BCUT2D eigenvalue weighted by Crippen LogP contribution is 2.02. The Balaban J connectivity index is 2.65. The van der Waals surface area contributed by atoms with Gasteiger partial charge in [0.1, 0.15) is 0 Å². The van der Waals surface area contributed by atoms with Gasteiger partial charge >= 0.3 is 0 Å². The van der Waals surface area contributed by atoms with E-state index in [9.17, 15) is 9.18 Å². The van der Waals surface area contributed by atoms with Crippen molar-refractivity contribution in [2.45, 2.75) is 25.8 Å². The topological polar surface area (TPSA) is 42.0 Å². The molecule has 1 aromatic rings. The summed E-state index contributed by atoms with van der Waals surface area (Å²) in [6.45, 7) is 1.94. The second-order valence-electron chi connectivity index (χ2n) is 3.36. The molecule has 1 atom stereocenters. The Morgan fingerprint density at radius 1 is 1.69 bits per heavy atom. The van der Waals surface area contributed by atoms with E-state index in [4.69, 9.17) is 6.42 Å². The standard InChI is InChI=1S/C12H13FN2O/c1-3-5-10(4-2)15-12(16)9-6-7-11(13)14-8-9/h1,6-8,10H,4-5H2,2H3,(H,15,16). The first-order chi connectivity index (χ1) is 7.67. The zero-order valence-electron chi connectivity index (χ0n) is 9.03. The van der Waals surface area contributed by atoms with Crippen LogP contribution in [0.25, 0.3) is 0 Å². The van der Waals surface area contributed by atoms with Crippen LogP contribution < -0.4 is 5.32 Å². The van der Waals surface area contributed by atoms with Crippen LogP contribution >= 0.6 is 0 Å². The summed E-state index contributed by atoms with van der Waals surface area (Å²) in [5.41, 5.74) is 0.330. The number of carbonyl (C=O) groups is 1. The van der Waals surface area contributed by atoms with E-state index in [2.05, 4.69) is 16.2 Å². The van der Waals surface area contributed by atoms with Crippen molar-refractivity contribution < 1.29 is 9.18 Å². The monoisotopic (exact) mass is 220 g/mol. The zero-order valence-corrected chi connectivity index (χ0v) is 9.03. The molecule has 0 bridgehead atoms. The van der Waals surface area contributed by atoms with Crippen LogP contribution in [0, 0.1) is 18.3 Å². The molecular formula is C12H13FN2O. The summed E-state index contributed by atoms with van der Waals surface area (Å²) >= 11 is 0. The van der Waals surface area contributed by atoms with Crippen molar-refractivity contribution in [3.63, 3.8) is 0 Å². The number of hydrogen-bond donors (Lipinski definition) is 1. The normalized spacial score (nSPS) is 11.6. The molecule has 0 saturated carbocycles. The van der Waals surface area contributed by atoms with E-state index in [-0.39, 0.29) is 11.9 Å². The minimum absolute atomic E-state index is 0.0532. The Hall–Kier alpha value is -1.89. The van der Waals surface area contributed by atoms with E-state index in [1.54, 1.807) is 0 Å². The van der Waals surface area contributed by atoms with Crippen molar-refractivity contribution in [1.82, 2.24) is 10.3 Å². The number of nitrogens with zero attached hydrogens (tertiary/aromatic N) is 1. The first-order valence-corrected chi connectivity index (χ1v) is 5.03. The Morgan fingerprint density at radius 3 is 2.94 bits per heavy atom. The molecule has 1 rings (SSSR count). The number of nitrogens with one attached hydrogen (secondary N) is 1. The van der Waals surface area contributed by atoms with Gasteiger partial charge in [-0.2, -0.15) is 4.39 Å². The highest BCUT2D eigenvalue weighted by Gasteiger charge is 2.11. The average molecular weight is 220 g/mol. The Labute approximate surface area is 94.1 Å². The van der Waals surface area contributed by atoms with E-state index < -0.39 is 5.95 Å². The van der Waals surface area contributed by atoms with Crippen LogP contribution in [0.15, 0.2) is 18.3 Å². The molecule has 0 spiro atoms. The molecule has 0 aromatic carbocycles. The van der Waals surface area contributed by atoms with Gasteiger partial charge in [-0.15, -0.1) is 12.3 Å². The molecule has 0 saturated heterocycles. The molecular weight excluding hydrogens is 207 g/mol. The van der Waals surface area contributed by atoms with Gasteiger partial charge in [-0.1, -0.05) is 6.92 Å². The molecule has 1 heterocycles. The van der Waals surface area contributed by atoms with Crippen LogP contribution in [0.3, 0.4) is 0 Å². The molecule has 16 heavy (non-hydrogen) atoms. The third kappa shape index (κ3) is 3.35. The van der Waals surface area contributed by atoms with Gasteiger partial charge in [-0.05, 0) is 18.6 Å². The van der Waals surface area contributed by atoms with Crippen LogP contribution in [-0.4, -0.2) is 16.9 Å². The summed E-state index contributed by atoms with van der Waals surface area (Å²) in [6, 6.07) is 2.49. The first-order valence-electron chi connectivity index (χ1n) is 5.03. The second kappa shape index (κ2) is 5.86. The highest BCUT2D eigenvalue weighted by molar-refractivity contribution is 5.94. The second-order valence-corrected chi connectivity index (χ2v) is 3.36. The van der Waals surface area contributed by atoms with Crippen molar-refractivity contribution in [2.75, 3.05) is 0 Å². The van der Waals surface area contributed by atoms with Gasteiger partial charge in [-0.25, -0.2) is 4.98 Å². The number of carbonyl (C=O) groups excluding carboxylic acids is 1. The number of rotatable bonds is 4. The highest BCUT2D eigenvalue weighted by atomic mass is 19.1. The van der Waals surface area contributed by atoms with Crippen molar-refractivity contribution in [3.8, 4) is 12.3 Å². The van der Waals surface area contributed by atoms with Crippen LogP contribution in [-0.2, 0) is 0 Å². The molecule has 1 aromatic heterocycles. The van der Waals surface area contributed by atoms with Crippen molar-refractivity contribution in [2.24, 2.45) is 0 Å². The lowest BCUT2D eigenvalue weighted by molar-refractivity contribution is 0.0936. The van der Waals surface area contributed by atoms with Crippen LogP contribution in [0.1, 0.15) is 30.1 Å². The first kappa shape index (κ1) is 12.2. The summed E-state index contributed by atoms with van der Waals surface area (Å²) in [5, 5.41) is 2.76. The molecule has 4 heteroatoms. The van der Waals surface area contributed by atoms with E-state index in [1.807, 2.05) is 6.92 Å². The summed E-state index contributed by atoms with van der Waals surface area (Å²) in [6.07, 6.45) is 7.62. The molecule has 1 amide bonds. The van der Waals surface area contributed by atoms with Crippen LogP contribution in [0.2, 0.25) is 0 Å². The molecule has 3 nitrogen and oxygen atoms in total. The van der Waals surface area contributed by atoms with E-state index >= 15 is 0 Å². The summed E-state index contributed by atoms with van der Waals surface area (Å²) in [7, 11) is 0. The SMILES string of the molecule is C#CCC(CC)NC(=O)c1ccc(F)nc1. The fraction of sp³-hybridized carbons (Fsp3) is 0.333. The Kier molecular flexibility index (Phi) is 4.46. The van der Waals surface area contributed by atoms with Crippen LogP contribution in [0.4, 0.5) is 4.39 Å². The number of halogens is 1. The Morgan fingerprint density at radius 2 is 2.44 bits per heavy atom. The molecule has 1 unspecified atom stereocenters. The Bertz CT molecular complexity index is 394. The number of amides is 1. The smallest absolute Gasteiger partial charge is 0.253 e. The number of hydrogen-bond acceptors (Lipinski definition) is 2. The van der Waals surface area contributed by atoms with Gasteiger partial charge in [0, 0.05) is 18.7 Å². The number of aromatic nitrogens is 1. The predicted octanol–water partition coefficient (Wildman–Crippen LogP) is 1.75. The van der Waals surface area contributed by atoms with Crippen molar-refractivity contribution >= 4 is 5.91 Å². The zero-order chi connectivity index (χ0) is 12.0.